The minimum atomic E-state index is -0.284. The zero-order valence-electron chi connectivity index (χ0n) is 21.1. The Labute approximate surface area is 213 Å². The Morgan fingerprint density at radius 3 is 2.44 bits per heavy atom. The van der Waals surface area contributed by atoms with Crippen LogP contribution in [0.3, 0.4) is 0 Å². The van der Waals surface area contributed by atoms with E-state index in [2.05, 4.69) is 27.3 Å². The zero-order valence-corrected chi connectivity index (χ0v) is 21.1. The van der Waals surface area contributed by atoms with Crippen LogP contribution in [-0.4, -0.2) is 52.8 Å². The number of aromatic nitrogens is 1. The Morgan fingerprint density at radius 2 is 1.72 bits per heavy atom. The van der Waals surface area contributed by atoms with Crippen molar-refractivity contribution >= 4 is 11.8 Å². The first-order valence-corrected chi connectivity index (χ1v) is 13.6. The number of H-pyrrole nitrogens is 1. The fourth-order valence-corrected chi connectivity index (χ4v) is 6.30. The number of likely N-dealkylation sites (tertiary alicyclic amines) is 2. The van der Waals surface area contributed by atoms with Gasteiger partial charge in [-0.2, -0.15) is 0 Å². The smallest absolute Gasteiger partial charge is 0.252 e. The lowest BCUT2D eigenvalue weighted by atomic mass is 9.77. The molecule has 2 amide bonds. The number of carbonyl (C=O) groups excluding carboxylic acids is 2. The second-order valence-electron chi connectivity index (χ2n) is 10.9. The largest absolute Gasteiger partial charge is 0.349 e. The summed E-state index contributed by atoms with van der Waals surface area (Å²) in [5.74, 6) is 0.568. The van der Waals surface area contributed by atoms with Crippen molar-refractivity contribution in [3.63, 3.8) is 0 Å². The molecule has 2 aromatic rings. The SMILES string of the molecule is O=C(N[C@@H](CCN1CCC2(CC1)CCN(Cc1ccc[nH]c1=O)C2=O)c1ccccc1)C1CCCC1. The highest BCUT2D eigenvalue weighted by Gasteiger charge is 2.48. The van der Waals surface area contributed by atoms with E-state index in [1.807, 2.05) is 29.2 Å². The first-order chi connectivity index (χ1) is 17.5. The van der Waals surface area contributed by atoms with Crippen molar-refractivity contribution in [1.29, 1.82) is 0 Å². The van der Waals surface area contributed by atoms with E-state index in [0.717, 1.165) is 83.1 Å². The minimum absolute atomic E-state index is 0.0164. The van der Waals surface area contributed by atoms with Gasteiger partial charge in [0.2, 0.25) is 11.8 Å². The normalized spacial score (nSPS) is 21.2. The summed E-state index contributed by atoms with van der Waals surface area (Å²) < 4.78 is 0. The molecule has 0 radical (unpaired) electrons. The maximum Gasteiger partial charge on any atom is 0.252 e. The molecule has 3 aliphatic rings. The molecule has 2 saturated heterocycles. The predicted molar refractivity (Wildman–Crippen MR) is 139 cm³/mol. The molecule has 1 atom stereocenters. The molecule has 2 aliphatic heterocycles. The number of pyridine rings is 1. The van der Waals surface area contributed by atoms with Gasteiger partial charge in [-0.25, -0.2) is 0 Å². The van der Waals surface area contributed by atoms with Gasteiger partial charge in [-0.3, -0.25) is 14.4 Å². The van der Waals surface area contributed by atoms with Gasteiger partial charge < -0.3 is 20.1 Å². The van der Waals surface area contributed by atoms with Gasteiger partial charge in [0, 0.05) is 30.8 Å². The number of aromatic amines is 1. The molecule has 0 bridgehead atoms. The van der Waals surface area contributed by atoms with E-state index < -0.39 is 0 Å². The average molecular weight is 491 g/mol. The topological polar surface area (TPSA) is 85.5 Å². The van der Waals surface area contributed by atoms with Crippen molar-refractivity contribution < 1.29 is 9.59 Å². The number of amides is 2. The van der Waals surface area contributed by atoms with Crippen molar-refractivity contribution in [3.05, 3.63) is 70.1 Å². The predicted octanol–water partition coefficient (Wildman–Crippen LogP) is 3.63. The lowest BCUT2D eigenvalue weighted by Gasteiger charge is -2.38. The Morgan fingerprint density at radius 1 is 1.00 bits per heavy atom. The van der Waals surface area contributed by atoms with Gasteiger partial charge in [-0.1, -0.05) is 49.2 Å². The Hall–Kier alpha value is -2.93. The molecule has 192 valence electrons. The molecule has 0 unspecified atom stereocenters. The van der Waals surface area contributed by atoms with Crippen LogP contribution in [-0.2, 0) is 16.1 Å². The van der Waals surface area contributed by atoms with Crippen molar-refractivity contribution in [2.24, 2.45) is 11.3 Å². The van der Waals surface area contributed by atoms with Gasteiger partial charge >= 0.3 is 0 Å². The second kappa shape index (κ2) is 11.0. The summed E-state index contributed by atoms with van der Waals surface area (Å²) in [5.41, 5.74) is 1.41. The van der Waals surface area contributed by atoms with E-state index in [9.17, 15) is 14.4 Å². The molecular weight excluding hydrogens is 452 g/mol. The summed E-state index contributed by atoms with van der Waals surface area (Å²) >= 11 is 0. The molecular formula is C29H38N4O3. The van der Waals surface area contributed by atoms with E-state index in [1.54, 1.807) is 12.3 Å². The second-order valence-corrected chi connectivity index (χ2v) is 10.9. The number of hydrogen-bond donors (Lipinski definition) is 2. The summed E-state index contributed by atoms with van der Waals surface area (Å²) in [6, 6.07) is 13.9. The molecule has 1 spiro atoms. The highest BCUT2D eigenvalue weighted by atomic mass is 16.2. The Kier molecular flexibility index (Phi) is 7.56. The van der Waals surface area contributed by atoms with E-state index >= 15 is 0 Å². The lowest BCUT2D eigenvalue weighted by molar-refractivity contribution is -0.139. The van der Waals surface area contributed by atoms with Crippen LogP contribution in [0.4, 0.5) is 0 Å². The van der Waals surface area contributed by atoms with Gasteiger partial charge in [0.25, 0.3) is 5.56 Å². The summed E-state index contributed by atoms with van der Waals surface area (Å²) in [6.45, 7) is 3.79. The van der Waals surface area contributed by atoms with E-state index in [-0.39, 0.29) is 34.7 Å². The highest BCUT2D eigenvalue weighted by molar-refractivity contribution is 5.85. The fourth-order valence-electron chi connectivity index (χ4n) is 6.30. The number of carbonyl (C=O) groups is 2. The first kappa shape index (κ1) is 24.8. The molecule has 3 fully saturated rings. The van der Waals surface area contributed by atoms with Gasteiger partial charge in [0.1, 0.15) is 0 Å². The quantitative estimate of drug-likeness (QED) is 0.592. The number of benzene rings is 1. The molecule has 5 rings (SSSR count). The van der Waals surface area contributed by atoms with E-state index in [1.165, 1.54) is 0 Å². The third kappa shape index (κ3) is 5.41. The van der Waals surface area contributed by atoms with Gasteiger partial charge in [0.05, 0.1) is 18.0 Å². The number of rotatable bonds is 8. The zero-order chi connectivity index (χ0) is 25.0. The number of piperidine rings is 1. The first-order valence-electron chi connectivity index (χ1n) is 13.6. The molecule has 7 nitrogen and oxygen atoms in total. The summed E-state index contributed by atoms with van der Waals surface area (Å²) in [4.78, 5) is 45.3. The molecule has 7 heteroatoms. The van der Waals surface area contributed by atoms with Crippen LogP contribution in [0.2, 0.25) is 0 Å². The Bertz CT molecular complexity index is 1100. The van der Waals surface area contributed by atoms with Crippen molar-refractivity contribution in [2.75, 3.05) is 26.2 Å². The van der Waals surface area contributed by atoms with Crippen molar-refractivity contribution in [1.82, 2.24) is 20.1 Å². The maximum atomic E-state index is 13.4. The van der Waals surface area contributed by atoms with Gasteiger partial charge in [0.15, 0.2) is 0 Å². The van der Waals surface area contributed by atoms with Crippen molar-refractivity contribution in [2.45, 2.75) is 64.0 Å². The van der Waals surface area contributed by atoms with Crippen LogP contribution in [0.1, 0.15) is 68.5 Å². The summed E-state index contributed by atoms with van der Waals surface area (Å²) in [7, 11) is 0. The average Bonchev–Trinajstić information content (AvgIpc) is 3.55. The van der Waals surface area contributed by atoms with Crippen LogP contribution in [0.15, 0.2) is 53.5 Å². The molecule has 36 heavy (non-hydrogen) atoms. The van der Waals surface area contributed by atoms with E-state index in [0.29, 0.717) is 12.1 Å². The molecule has 2 N–H and O–H groups in total. The van der Waals surface area contributed by atoms with E-state index in [4.69, 9.17) is 0 Å². The lowest BCUT2D eigenvalue weighted by Crippen LogP contribution is -2.45. The van der Waals surface area contributed by atoms with Crippen LogP contribution in [0.25, 0.3) is 0 Å². The molecule has 1 saturated carbocycles. The standard InChI is InChI=1S/C29H38N4O3/c34-26-24(11-6-16-30-26)21-33-20-15-29(28(33)36)13-18-32(19-14-29)17-12-25(22-7-2-1-3-8-22)31-27(35)23-9-4-5-10-23/h1-3,6-8,11,16,23,25H,4-5,9-10,12-15,17-21H2,(H,30,34)(H,31,35)/t25-/m0/s1. The summed E-state index contributed by atoms with van der Waals surface area (Å²) in [6.07, 6.45) is 9.40. The molecule has 1 aromatic carbocycles. The van der Waals surface area contributed by atoms with Crippen LogP contribution < -0.4 is 10.9 Å². The summed E-state index contributed by atoms with van der Waals surface area (Å²) in [5, 5.41) is 3.35. The number of nitrogens with zero attached hydrogens (tertiary/aromatic N) is 2. The van der Waals surface area contributed by atoms with Crippen LogP contribution >= 0.6 is 0 Å². The maximum absolute atomic E-state index is 13.4. The van der Waals surface area contributed by atoms with Crippen molar-refractivity contribution in [3.8, 4) is 0 Å². The Balaban J connectivity index is 1.15. The third-order valence-corrected chi connectivity index (χ3v) is 8.65. The van der Waals surface area contributed by atoms with Crippen LogP contribution in [0.5, 0.6) is 0 Å². The molecule has 1 aromatic heterocycles. The minimum Gasteiger partial charge on any atom is -0.349 e. The van der Waals surface area contributed by atoms with Crippen LogP contribution in [0, 0.1) is 11.3 Å². The van der Waals surface area contributed by atoms with Gasteiger partial charge in [-0.15, -0.1) is 0 Å². The third-order valence-electron chi connectivity index (χ3n) is 8.65. The monoisotopic (exact) mass is 490 g/mol. The highest BCUT2D eigenvalue weighted by Crippen LogP contribution is 2.42. The molecule has 1 aliphatic carbocycles. The fraction of sp³-hybridized carbons (Fsp3) is 0.552. The van der Waals surface area contributed by atoms with Gasteiger partial charge in [-0.05, 0) is 63.2 Å². The molecule has 3 heterocycles. The number of nitrogens with one attached hydrogen (secondary N) is 2. The number of hydrogen-bond acceptors (Lipinski definition) is 4.